The number of aromatic nitrogens is 2. The van der Waals surface area contributed by atoms with Crippen molar-refractivity contribution in [2.75, 3.05) is 18.1 Å². The number of benzene rings is 2. The van der Waals surface area contributed by atoms with Gasteiger partial charge in [0.1, 0.15) is 11.5 Å². The number of amides is 1. The van der Waals surface area contributed by atoms with E-state index in [1.54, 1.807) is 24.5 Å². The highest BCUT2D eigenvalue weighted by Gasteiger charge is 2.31. The lowest BCUT2D eigenvalue weighted by atomic mass is 10.1. The highest BCUT2D eigenvalue weighted by Crippen LogP contribution is 2.27. The molecule has 1 N–H and O–H groups in total. The Labute approximate surface area is 209 Å². The molecule has 0 atom stereocenters. The molecule has 0 unspecified atom stereocenters. The number of carboxylic acid groups (broad SMARTS) is 1. The first-order valence-electron chi connectivity index (χ1n) is 10.7. The number of carbonyl (C=O) groups is 2. The molecule has 1 heterocycles. The molecule has 190 valence electrons. The van der Waals surface area contributed by atoms with Crippen LogP contribution in [0, 0.1) is 0 Å². The van der Waals surface area contributed by atoms with Crippen molar-refractivity contribution in [2.24, 2.45) is 0 Å². The van der Waals surface area contributed by atoms with Gasteiger partial charge in [-0.1, -0.05) is 24.6 Å². The Hall–Kier alpha value is -3.86. The summed E-state index contributed by atoms with van der Waals surface area (Å²) in [5, 5.41) is 8.95. The van der Waals surface area contributed by atoms with Crippen molar-refractivity contribution in [1.29, 1.82) is 0 Å². The Morgan fingerprint density at radius 1 is 1.06 bits per heavy atom. The monoisotopic (exact) mass is 523 g/mol. The summed E-state index contributed by atoms with van der Waals surface area (Å²) < 4.78 is 46.3. The molecule has 12 heteroatoms. The Bertz CT molecular complexity index is 1210. The Morgan fingerprint density at radius 3 is 2.28 bits per heavy atom. The Balaban J connectivity index is 1.81. The summed E-state index contributed by atoms with van der Waals surface area (Å²) in [6.45, 7) is 1.51. The first kappa shape index (κ1) is 26.7. The first-order chi connectivity index (χ1) is 17.1. The molecule has 1 aromatic heterocycles. The minimum atomic E-state index is -4.85. The van der Waals surface area contributed by atoms with E-state index in [0.29, 0.717) is 12.8 Å². The summed E-state index contributed by atoms with van der Waals surface area (Å²) in [5.41, 5.74) is 1.70. The molecule has 0 aliphatic rings. The molecular weight excluding hydrogens is 503 g/mol. The highest BCUT2D eigenvalue weighted by molar-refractivity contribution is 6.32. The third-order valence-electron chi connectivity index (χ3n) is 4.89. The van der Waals surface area contributed by atoms with Crippen LogP contribution in [0.25, 0.3) is 0 Å². The maximum atomic E-state index is 13.3. The van der Waals surface area contributed by atoms with Gasteiger partial charge in [-0.3, -0.25) is 9.69 Å². The molecule has 1 amide bonds. The second kappa shape index (κ2) is 11.7. The number of carboxylic acids is 1. The molecule has 0 saturated heterocycles. The number of nitrogens with zero attached hydrogens (tertiary/aromatic N) is 3. The number of anilines is 1. The zero-order chi connectivity index (χ0) is 26.3. The summed E-state index contributed by atoms with van der Waals surface area (Å²) in [6.07, 6.45) is -0.646. The molecule has 2 aromatic carbocycles. The molecule has 0 aliphatic carbocycles. The van der Waals surface area contributed by atoms with Crippen LogP contribution in [0.4, 0.5) is 19.1 Å². The lowest BCUT2D eigenvalue weighted by Crippen LogP contribution is -2.34. The van der Waals surface area contributed by atoms with E-state index < -0.39 is 30.6 Å². The molecule has 0 spiro atoms. The van der Waals surface area contributed by atoms with Crippen molar-refractivity contribution in [1.82, 2.24) is 9.97 Å². The fraction of sp³-hybridized carbons (Fsp3) is 0.250. The Morgan fingerprint density at radius 2 is 1.72 bits per heavy atom. The first-order valence-corrected chi connectivity index (χ1v) is 11.0. The van der Waals surface area contributed by atoms with Gasteiger partial charge in [-0.25, -0.2) is 14.8 Å². The molecule has 8 nitrogen and oxygen atoms in total. The van der Waals surface area contributed by atoms with Gasteiger partial charge < -0.3 is 14.6 Å². The van der Waals surface area contributed by atoms with Crippen LogP contribution < -0.4 is 14.4 Å². The summed E-state index contributed by atoms with van der Waals surface area (Å²) in [6, 6.07) is 9.34. The third kappa shape index (κ3) is 7.57. The topological polar surface area (TPSA) is 102 Å². The Kier molecular flexibility index (Phi) is 8.70. The second-order valence-corrected chi connectivity index (χ2v) is 7.88. The van der Waals surface area contributed by atoms with Gasteiger partial charge in [0.2, 0.25) is 5.95 Å². The second-order valence-electron chi connectivity index (χ2n) is 7.47. The minimum Gasteiger partial charge on any atom is -0.480 e. The van der Waals surface area contributed by atoms with Crippen LogP contribution in [0.3, 0.4) is 0 Å². The number of hydrogen-bond acceptors (Lipinski definition) is 6. The number of alkyl halides is 3. The molecule has 0 radical (unpaired) electrons. The van der Waals surface area contributed by atoms with Gasteiger partial charge in [0, 0.05) is 24.5 Å². The number of rotatable bonds is 10. The fourth-order valence-corrected chi connectivity index (χ4v) is 3.37. The maximum absolute atomic E-state index is 13.3. The van der Waals surface area contributed by atoms with Crippen LogP contribution in [0.5, 0.6) is 11.5 Å². The average Bonchev–Trinajstić information content (AvgIpc) is 2.83. The number of halogens is 4. The number of carbonyl (C=O) groups excluding carboxylic acids is 1. The van der Waals surface area contributed by atoms with E-state index >= 15 is 0 Å². The maximum Gasteiger partial charge on any atom is 0.573 e. The third-order valence-corrected chi connectivity index (χ3v) is 5.19. The van der Waals surface area contributed by atoms with Gasteiger partial charge in [-0.15, -0.1) is 13.2 Å². The lowest BCUT2D eigenvalue weighted by Gasteiger charge is -2.21. The quantitative estimate of drug-likeness (QED) is 0.401. The van der Waals surface area contributed by atoms with E-state index in [1.165, 1.54) is 23.1 Å². The zero-order valence-electron chi connectivity index (χ0n) is 19.0. The SMILES string of the molecule is CCc1cnc(N(CCc2ccc(OCC(=O)O)c(Cl)c2)C(=O)c2ccc(OC(F)(F)F)cc2)nc1. The average molecular weight is 524 g/mol. The van der Waals surface area contributed by atoms with Crippen molar-refractivity contribution >= 4 is 29.4 Å². The van der Waals surface area contributed by atoms with Crippen LogP contribution in [0.2, 0.25) is 5.02 Å². The van der Waals surface area contributed by atoms with Crippen LogP contribution in [0.15, 0.2) is 54.9 Å². The standard InChI is InChI=1S/C24H21ClF3N3O5/c1-2-15-12-29-23(30-13-15)31(22(34)17-4-6-18(7-5-17)36-24(26,27)28)10-9-16-3-8-20(19(25)11-16)35-14-21(32)33/h3-8,11-13H,2,9-10,14H2,1H3,(H,32,33). The van der Waals surface area contributed by atoms with Crippen molar-refractivity contribution < 1.29 is 37.3 Å². The van der Waals surface area contributed by atoms with Gasteiger partial charge in [0.05, 0.1) is 5.02 Å². The van der Waals surface area contributed by atoms with Gasteiger partial charge in [-0.2, -0.15) is 0 Å². The van der Waals surface area contributed by atoms with Crippen molar-refractivity contribution in [3.05, 3.63) is 76.6 Å². The van der Waals surface area contributed by atoms with Crippen LogP contribution in [0.1, 0.15) is 28.4 Å². The number of aliphatic carboxylic acids is 1. The summed E-state index contributed by atoms with van der Waals surface area (Å²) in [4.78, 5) is 33.8. The fourth-order valence-electron chi connectivity index (χ4n) is 3.11. The normalized spacial score (nSPS) is 11.1. The van der Waals surface area contributed by atoms with Crippen molar-refractivity contribution in [3.63, 3.8) is 0 Å². The number of ether oxygens (including phenoxy) is 2. The van der Waals surface area contributed by atoms with Crippen LogP contribution in [-0.2, 0) is 17.6 Å². The molecule has 0 fully saturated rings. The molecular formula is C24H21ClF3N3O5. The molecule has 36 heavy (non-hydrogen) atoms. The van der Waals surface area contributed by atoms with E-state index in [0.717, 1.165) is 23.3 Å². The molecule has 3 aromatic rings. The van der Waals surface area contributed by atoms with Crippen LogP contribution in [-0.4, -0.2) is 46.5 Å². The minimum absolute atomic E-state index is 0.114. The predicted molar refractivity (Wildman–Crippen MR) is 124 cm³/mol. The van der Waals surface area contributed by atoms with Crippen molar-refractivity contribution in [3.8, 4) is 11.5 Å². The number of hydrogen-bond donors (Lipinski definition) is 1. The zero-order valence-corrected chi connectivity index (χ0v) is 19.7. The van der Waals surface area contributed by atoms with Gasteiger partial charge >= 0.3 is 12.3 Å². The predicted octanol–water partition coefficient (Wildman–Crippen LogP) is 4.94. The van der Waals surface area contributed by atoms with E-state index in [2.05, 4.69) is 14.7 Å². The van der Waals surface area contributed by atoms with E-state index in [1.807, 2.05) is 6.92 Å². The molecule has 0 bridgehead atoms. The van der Waals surface area contributed by atoms with E-state index in [4.69, 9.17) is 21.4 Å². The summed E-state index contributed by atoms with van der Waals surface area (Å²) >= 11 is 6.18. The van der Waals surface area contributed by atoms with E-state index in [-0.39, 0.29) is 28.8 Å². The van der Waals surface area contributed by atoms with Gasteiger partial charge in [0.15, 0.2) is 6.61 Å². The smallest absolute Gasteiger partial charge is 0.480 e. The van der Waals surface area contributed by atoms with E-state index in [9.17, 15) is 22.8 Å². The largest absolute Gasteiger partial charge is 0.573 e. The molecule has 0 aliphatic heterocycles. The summed E-state index contributed by atoms with van der Waals surface area (Å²) in [7, 11) is 0. The highest BCUT2D eigenvalue weighted by atomic mass is 35.5. The van der Waals surface area contributed by atoms with Crippen LogP contribution >= 0.6 is 11.6 Å². The summed E-state index contributed by atoms with van der Waals surface area (Å²) in [5.74, 6) is -1.79. The number of aryl methyl sites for hydroxylation is 1. The molecule has 0 saturated carbocycles. The van der Waals surface area contributed by atoms with Gasteiger partial charge in [-0.05, 0) is 60.4 Å². The lowest BCUT2D eigenvalue weighted by molar-refractivity contribution is -0.274. The molecule has 3 rings (SSSR count). The van der Waals surface area contributed by atoms with Gasteiger partial charge in [0.25, 0.3) is 5.91 Å². The van der Waals surface area contributed by atoms with Crippen molar-refractivity contribution in [2.45, 2.75) is 26.1 Å².